The van der Waals surface area contributed by atoms with Crippen LogP contribution in [0.4, 0.5) is 0 Å². The molecule has 0 radical (unpaired) electrons. The lowest BCUT2D eigenvalue weighted by Gasteiger charge is -2.38. The minimum atomic E-state index is -0.211. The van der Waals surface area contributed by atoms with Gasteiger partial charge < -0.3 is 10.0 Å². The molecule has 4 nitrogen and oxygen atoms in total. The third-order valence-corrected chi connectivity index (χ3v) is 5.05. The monoisotopic (exact) mass is 338 g/mol. The molecule has 132 valence electrons. The van der Waals surface area contributed by atoms with Crippen LogP contribution in [0.5, 0.6) is 5.75 Å². The summed E-state index contributed by atoms with van der Waals surface area (Å²) in [6.07, 6.45) is 2.05. The predicted molar refractivity (Wildman–Crippen MR) is 99.5 cm³/mol. The Morgan fingerprint density at radius 3 is 2.20 bits per heavy atom. The summed E-state index contributed by atoms with van der Waals surface area (Å²) in [5.41, 5.74) is 2.33. The van der Waals surface area contributed by atoms with Crippen LogP contribution in [-0.2, 0) is 4.79 Å². The summed E-state index contributed by atoms with van der Waals surface area (Å²) in [5, 5.41) is 9.46. The molecule has 0 aliphatic carbocycles. The summed E-state index contributed by atoms with van der Waals surface area (Å²) in [6, 6.07) is 17.4. The first-order chi connectivity index (χ1) is 12.1. The number of phenols is 1. The number of carbonyl (C=O) groups is 1. The van der Waals surface area contributed by atoms with Gasteiger partial charge in [0.2, 0.25) is 5.91 Å². The zero-order valence-corrected chi connectivity index (χ0v) is 14.9. The molecule has 1 amide bonds. The van der Waals surface area contributed by atoms with Gasteiger partial charge in [0, 0.05) is 14.1 Å². The van der Waals surface area contributed by atoms with Crippen molar-refractivity contribution in [1.82, 2.24) is 9.80 Å². The average Bonchev–Trinajstić information content (AvgIpc) is 2.64. The van der Waals surface area contributed by atoms with Crippen molar-refractivity contribution in [2.24, 2.45) is 0 Å². The van der Waals surface area contributed by atoms with Gasteiger partial charge >= 0.3 is 0 Å². The number of piperidine rings is 1. The normalized spacial score (nSPS) is 17.2. The quantitative estimate of drug-likeness (QED) is 0.929. The summed E-state index contributed by atoms with van der Waals surface area (Å²) in [5.74, 6) is 0.930. The van der Waals surface area contributed by atoms with E-state index in [1.165, 1.54) is 5.56 Å². The van der Waals surface area contributed by atoms with E-state index in [4.69, 9.17) is 0 Å². The van der Waals surface area contributed by atoms with Crippen molar-refractivity contribution in [3.8, 4) is 5.75 Å². The van der Waals surface area contributed by atoms with Crippen molar-refractivity contribution in [1.29, 1.82) is 0 Å². The highest BCUT2D eigenvalue weighted by Crippen LogP contribution is 2.33. The molecule has 1 aliphatic heterocycles. The second-order valence-electron chi connectivity index (χ2n) is 6.95. The van der Waals surface area contributed by atoms with Gasteiger partial charge in [-0.2, -0.15) is 0 Å². The zero-order chi connectivity index (χ0) is 17.8. The maximum atomic E-state index is 12.8. The zero-order valence-electron chi connectivity index (χ0n) is 14.9. The molecule has 3 rings (SSSR count). The number of amides is 1. The average molecular weight is 338 g/mol. The number of benzene rings is 2. The number of phenolic OH excluding ortho intramolecular Hbond substituents is 1. The Kier molecular flexibility index (Phi) is 5.39. The number of nitrogens with zero attached hydrogens (tertiary/aromatic N) is 2. The smallest absolute Gasteiger partial charge is 0.244 e. The summed E-state index contributed by atoms with van der Waals surface area (Å²) in [6.45, 7) is 1.79. The van der Waals surface area contributed by atoms with E-state index in [1.54, 1.807) is 17.0 Å². The molecule has 1 heterocycles. The number of hydrogen-bond donors (Lipinski definition) is 1. The van der Waals surface area contributed by atoms with Crippen molar-refractivity contribution in [2.75, 3.05) is 27.2 Å². The molecule has 1 N–H and O–H groups in total. The molecular formula is C21H26N2O2. The van der Waals surface area contributed by atoms with Gasteiger partial charge in [0.15, 0.2) is 0 Å². The van der Waals surface area contributed by atoms with Crippen LogP contribution in [0, 0.1) is 0 Å². The molecule has 0 aromatic heterocycles. The molecular weight excluding hydrogens is 312 g/mol. The van der Waals surface area contributed by atoms with E-state index in [1.807, 2.05) is 56.6 Å². The van der Waals surface area contributed by atoms with Gasteiger partial charge in [-0.3, -0.25) is 9.69 Å². The van der Waals surface area contributed by atoms with E-state index in [2.05, 4.69) is 4.90 Å². The number of aromatic hydroxyl groups is 1. The van der Waals surface area contributed by atoms with E-state index >= 15 is 0 Å². The minimum Gasteiger partial charge on any atom is -0.508 e. The van der Waals surface area contributed by atoms with Crippen molar-refractivity contribution in [3.05, 3.63) is 65.7 Å². The van der Waals surface area contributed by atoms with Crippen molar-refractivity contribution in [3.63, 3.8) is 0 Å². The maximum absolute atomic E-state index is 12.8. The van der Waals surface area contributed by atoms with Gasteiger partial charge in [-0.15, -0.1) is 0 Å². The molecule has 1 saturated heterocycles. The lowest BCUT2D eigenvalue weighted by atomic mass is 9.88. The van der Waals surface area contributed by atoms with Gasteiger partial charge in [0.05, 0.1) is 0 Å². The van der Waals surface area contributed by atoms with Crippen LogP contribution in [0.1, 0.15) is 35.9 Å². The highest BCUT2D eigenvalue weighted by molar-refractivity contribution is 5.82. The van der Waals surface area contributed by atoms with Crippen LogP contribution < -0.4 is 0 Å². The highest BCUT2D eigenvalue weighted by atomic mass is 16.3. The van der Waals surface area contributed by atoms with Gasteiger partial charge in [0.25, 0.3) is 0 Å². The molecule has 1 unspecified atom stereocenters. The number of rotatable bonds is 4. The summed E-state index contributed by atoms with van der Waals surface area (Å²) in [7, 11) is 3.64. The van der Waals surface area contributed by atoms with Crippen LogP contribution in [0.2, 0.25) is 0 Å². The number of likely N-dealkylation sites (N-methyl/N-ethyl adjacent to an activating group) is 1. The minimum absolute atomic E-state index is 0.134. The number of hydrogen-bond acceptors (Lipinski definition) is 3. The fourth-order valence-corrected chi connectivity index (χ4v) is 3.63. The van der Waals surface area contributed by atoms with Crippen LogP contribution in [0.15, 0.2) is 54.6 Å². The second kappa shape index (κ2) is 7.70. The maximum Gasteiger partial charge on any atom is 0.244 e. The molecule has 2 aromatic rings. The molecule has 0 bridgehead atoms. The number of likely N-dealkylation sites (tertiary alicyclic amines) is 1. The fraction of sp³-hybridized carbons (Fsp3) is 0.381. The number of carbonyl (C=O) groups excluding carboxylic acids is 1. The lowest BCUT2D eigenvalue weighted by molar-refractivity contribution is -0.135. The Morgan fingerprint density at radius 1 is 1.04 bits per heavy atom. The Labute approximate surface area is 149 Å². The van der Waals surface area contributed by atoms with E-state index in [0.29, 0.717) is 11.7 Å². The van der Waals surface area contributed by atoms with Crippen molar-refractivity contribution >= 4 is 5.91 Å². The van der Waals surface area contributed by atoms with Crippen LogP contribution in [-0.4, -0.2) is 48.0 Å². The van der Waals surface area contributed by atoms with E-state index in [9.17, 15) is 9.90 Å². The molecule has 25 heavy (non-hydrogen) atoms. The topological polar surface area (TPSA) is 43.8 Å². The van der Waals surface area contributed by atoms with Gasteiger partial charge in [-0.1, -0.05) is 42.5 Å². The molecule has 0 saturated carbocycles. The molecule has 0 spiro atoms. The van der Waals surface area contributed by atoms with Gasteiger partial charge in [0.1, 0.15) is 11.8 Å². The SMILES string of the molecule is CN(C)C(=O)C(c1ccccc1)N1CCC(c2ccc(O)cc2)CC1. The van der Waals surface area contributed by atoms with E-state index in [0.717, 1.165) is 31.5 Å². The standard InChI is InChI=1S/C21H26N2O2/c1-22(2)21(25)20(18-6-4-3-5-7-18)23-14-12-17(13-15-23)16-8-10-19(24)11-9-16/h3-11,17,20,24H,12-15H2,1-2H3. The lowest BCUT2D eigenvalue weighted by Crippen LogP contribution is -2.43. The molecule has 1 aliphatic rings. The fourth-order valence-electron chi connectivity index (χ4n) is 3.63. The first-order valence-electron chi connectivity index (χ1n) is 8.85. The van der Waals surface area contributed by atoms with E-state index < -0.39 is 0 Å². The summed E-state index contributed by atoms with van der Waals surface area (Å²) >= 11 is 0. The second-order valence-corrected chi connectivity index (χ2v) is 6.95. The van der Waals surface area contributed by atoms with Crippen molar-refractivity contribution < 1.29 is 9.90 Å². The predicted octanol–water partition coefficient (Wildman–Crippen LogP) is 3.40. The summed E-state index contributed by atoms with van der Waals surface area (Å²) in [4.78, 5) is 16.8. The van der Waals surface area contributed by atoms with E-state index in [-0.39, 0.29) is 11.9 Å². The molecule has 2 aromatic carbocycles. The Bertz CT molecular complexity index is 690. The first kappa shape index (κ1) is 17.5. The molecule has 1 fully saturated rings. The van der Waals surface area contributed by atoms with Crippen LogP contribution >= 0.6 is 0 Å². The van der Waals surface area contributed by atoms with Gasteiger partial charge in [-0.05, 0) is 55.1 Å². The Morgan fingerprint density at radius 2 is 1.64 bits per heavy atom. The largest absolute Gasteiger partial charge is 0.508 e. The Hall–Kier alpha value is -2.33. The first-order valence-corrected chi connectivity index (χ1v) is 8.85. The van der Waals surface area contributed by atoms with Gasteiger partial charge in [-0.25, -0.2) is 0 Å². The van der Waals surface area contributed by atoms with Crippen LogP contribution in [0.3, 0.4) is 0 Å². The Balaban J connectivity index is 1.74. The van der Waals surface area contributed by atoms with Crippen molar-refractivity contribution in [2.45, 2.75) is 24.8 Å². The molecule has 4 heteroatoms. The third-order valence-electron chi connectivity index (χ3n) is 5.05. The highest BCUT2D eigenvalue weighted by Gasteiger charge is 2.32. The summed E-state index contributed by atoms with van der Waals surface area (Å²) < 4.78 is 0. The van der Waals surface area contributed by atoms with Crippen LogP contribution in [0.25, 0.3) is 0 Å². The third kappa shape index (κ3) is 4.02. The molecule has 1 atom stereocenters.